The lowest BCUT2D eigenvalue weighted by Crippen LogP contribution is -2.56. The average Bonchev–Trinajstić information content (AvgIpc) is 2.99. The summed E-state index contributed by atoms with van der Waals surface area (Å²) in [5, 5.41) is 8.95. The molecule has 1 aliphatic carbocycles. The zero-order chi connectivity index (χ0) is 33.8. The first-order valence-electron chi connectivity index (χ1n) is 18.4. The normalized spacial score (nSPS) is 23.0. The maximum atomic E-state index is 12.8. The molecule has 1 saturated carbocycles. The van der Waals surface area contributed by atoms with Crippen molar-refractivity contribution in [2.45, 2.75) is 187 Å². The summed E-state index contributed by atoms with van der Waals surface area (Å²) in [5.41, 5.74) is -0.483. The number of nitrogens with one attached hydrogen (secondary N) is 3. The first kappa shape index (κ1) is 40.0. The molecule has 3 N–H and O–H groups in total. The van der Waals surface area contributed by atoms with Crippen LogP contribution in [0.1, 0.15) is 157 Å². The summed E-state index contributed by atoms with van der Waals surface area (Å²) in [6.07, 6.45) is 23.3. The van der Waals surface area contributed by atoms with Crippen LogP contribution < -0.4 is 16.0 Å². The molecule has 1 heterocycles. The number of allylic oxidation sites excluding steroid dienone is 2. The van der Waals surface area contributed by atoms with Crippen molar-refractivity contribution in [3.05, 3.63) is 12.2 Å². The van der Waals surface area contributed by atoms with Crippen molar-refractivity contribution in [1.29, 1.82) is 0 Å². The van der Waals surface area contributed by atoms with E-state index in [9.17, 15) is 14.4 Å². The highest BCUT2D eigenvalue weighted by Crippen LogP contribution is 2.34. The van der Waals surface area contributed by atoms with E-state index in [-0.39, 0.29) is 49.1 Å². The summed E-state index contributed by atoms with van der Waals surface area (Å²) in [5.74, 6) is -1.48. The van der Waals surface area contributed by atoms with Crippen LogP contribution in [0.2, 0.25) is 0 Å². The highest BCUT2D eigenvalue weighted by molar-refractivity contribution is 5.82. The molecule has 0 aromatic heterocycles. The minimum atomic E-state index is -0.840. The third-order valence-electron chi connectivity index (χ3n) is 9.10. The van der Waals surface area contributed by atoms with Crippen LogP contribution in [0.3, 0.4) is 0 Å². The fourth-order valence-electron chi connectivity index (χ4n) is 6.18. The first-order valence-corrected chi connectivity index (χ1v) is 18.4. The Hall–Kier alpha value is -2.13. The van der Waals surface area contributed by atoms with Gasteiger partial charge in [-0.05, 0) is 72.1 Å². The van der Waals surface area contributed by atoms with Gasteiger partial charge in [0.25, 0.3) is 0 Å². The van der Waals surface area contributed by atoms with Gasteiger partial charge < -0.3 is 30.2 Å². The molecule has 0 radical (unpaired) electrons. The third-order valence-corrected chi connectivity index (χ3v) is 9.10. The number of hydrogen-bond donors (Lipinski definition) is 3. The fraction of sp³-hybridized carbons (Fsp3) is 0.865. The quantitative estimate of drug-likeness (QED) is 0.0663. The van der Waals surface area contributed by atoms with Gasteiger partial charge in [-0.2, -0.15) is 0 Å². The first-order chi connectivity index (χ1) is 21.9. The van der Waals surface area contributed by atoms with Crippen LogP contribution in [0.4, 0.5) is 4.79 Å². The summed E-state index contributed by atoms with van der Waals surface area (Å²) in [6.45, 7) is 12.3. The molecule has 2 aliphatic rings. The van der Waals surface area contributed by atoms with E-state index < -0.39 is 17.3 Å². The number of urea groups is 1. The molecule has 0 aromatic rings. The van der Waals surface area contributed by atoms with Gasteiger partial charge in [0.15, 0.2) is 5.79 Å². The molecule has 4 atom stereocenters. The second-order valence-electron chi connectivity index (χ2n) is 14.7. The number of unbranched alkanes of at least 4 members (excludes halogenated alkanes) is 10. The van der Waals surface area contributed by atoms with Crippen molar-refractivity contribution in [3.8, 4) is 0 Å². The largest absolute Gasteiger partial charge is 0.460 e. The molecule has 3 amide bonds. The fourth-order valence-corrected chi connectivity index (χ4v) is 6.18. The van der Waals surface area contributed by atoms with E-state index in [1.54, 1.807) is 13.8 Å². The predicted octanol–water partition coefficient (Wildman–Crippen LogP) is 7.86. The highest BCUT2D eigenvalue weighted by Gasteiger charge is 2.45. The maximum absolute atomic E-state index is 12.8. The van der Waals surface area contributed by atoms with Crippen molar-refractivity contribution in [2.75, 3.05) is 13.2 Å². The van der Waals surface area contributed by atoms with Crippen LogP contribution in [-0.4, -0.2) is 61.1 Å². The lowest BCUT2D eigenvalue weighted by Gasteiger charge is -2.44. The molecule has 4 unspecified atom stereocenters. The molecule has 9 heteroatoms. The number of carbonyl (C=O) groups excluding carboxylic acids is 3. The van der Waals surface area contributed by atoms with Gasteiger partial charge in [-0.15, -0.1) is 0 Å². The third kappa shape index (κ3) is 16.6. The molecule has 0 bridgehead atoms. The number of hydrogen-bond acceptors (Lipinski definition) is 6. The average molecular weight is 650 g/mol. The molecule has 0 spiro atoms. The Morgan fingerprint density at radius 1 is 0.891 bits per heavy atom. The second-order valence-corrected chi connectivity index (χ2v) is 14.7. The Morgan fingerprint density at radius 2 is 1.52 bits per heavy atom. The molecular weight excluding hydrogens is 582 g/mol. The van der Waals surface area contributed by atoms with Gasteiger partial charge in [0.05, 0.1) is 19.1 Å². The molecule has 2 fully saturated rings. The van der Waals surface area contributed by atoms with E-state index in [0.29, 0.717) is 13.0 Å². The molecule has 2 rings (SSSR count). The monoisotopic (exact) mass is 650 g/mol. The van der Waals surface area contributed by atoms with Crippen molar-refractivity contribution in [1.82, 2.24) is 16.0 Å². The van der Waals surface area contributed by atoms with Gasteiger partial charge in [0.1, 0.15) is 12.2 Å². The zero-order valence-corrected chi connectivity index (χ0v) is 30.1. The topological polar surface area (TPSA) is 115 Å². The van der Waals surface area contributed by atoms with Gasteiger partial charge in [-0.1, -0.05) is 90.7 Å². The van der Waals surface area contributed by atoms with E-state index in [2.05, 4.69) is 35.0 Å². The maximum Gasteiger partial charge on any atom is 0.315 e. The van der Waals surface area contributed by atoms with Crippen molar-refractivity contribution < 1.29 is 28.6 Å². The van der Waals surface area contributed by atoms with Crippen molar-refractivity contribution >= 4 is 17.9 Å². The number of amides is 3. The lowest BCUT2D eigenvalue weighted by molar-refractivity contribution is -0.304. The summed E-state index contributed by atoms with van der Waals surface area (Å²) in [4.78, 5) is 38.3. The van der Waals surface area contributed by atoms with Gasteiger partial charge in [0, 0.05) is 18.0 Å². The predicted molar refractivity (Wildman–Crippen MR) is 184 cm³/mol. The van der Waals surface area contributed by atoms with Gasteiger partial charge in [-0.25, -0.2) is 4.79 Å². The number of carbonyl (C=O) groups is 3. The molecule has 0 aromatic carbocycles. The van der Waals surface area contributed by atoms with Crippen LogP contribution >= 0.6 is 0 Å². The molecule has 46 heavy (non-hydrogen) atoms. The van der Waals surface area contributed by atoms with E-state index in [1.807, 2.05) is 20.8 Å². The molecule has 1 saturated heterocycles. The Morgan fingerprint density at radius 3 is 2.22 bits per heavy atom. The Balaban J connectivity index is 1.58. The SMILES string of the molecule is CCCCCCCCC=CCCCCCCC(C)NC(=O)NC1CCCCC1OC(=O)CCNC(=O)C1OC(C)(C)OCC1(C)C. The van der Waals surface area contributed by atoms with Gasteiger partial charge >= 0.3 is 12.0 Å². The van der Waals surface area contributed by atoms with E-state index in [4.69, 9.17) is 14.2 Å². The summed E-state index contributed by atoms with van der Waals surface area (Å²) in [6, 6.07) is -0.335. The minimum Gasteiger partial charge on any atom is -0.460 e. The summed E-state index contributed by atoms with van der Waals surface area (Å²) in [7, 11) is 0. The van der Waals surface area contributed by atoms with Crippen LogP contribution in [0.25, 0.3) is 0 Å². The molecule has 1 aliphatic heterocycles. The van der Waals surface area contributed by atoms with Gasteiger partial charge in [-0.3, -0.25) is 9.59 Å². The number of ether oxygens (including phenoxy) is 3. The van der Waals surface area contributed by atoms with E-state index >= 15 is 0 Å². The van der Waals surface area contributed by atoms with E-state index in [0.717, 1.165) is 38.5 Å². The summed E-state index contributed by atoms with van der Waals surface area (Å²) < 4.78 is 17.3. The van der Waals surface area contributed by atoms with E-state index in [1.165, 1.54) is 64.2 Å². The lowest BCUT2D eigenvalue weighted by atomic mass is 9.85. The molecule has 266 valence electrons. The van der Waals surface area contributed by atoms with Crippen LogP contribution in [0.5, 0.6) is 0 Å². The second kappa shape index (κ2) is 21.7. The van der Waals surface area contributed by atoms with Crippen molar-refractivity contribution in [2.24, 2.45) is 5.41 Å². The summed E-state index contributed by atoms with van der Waals surface area (Å²) >= 11 is 0. The zero-order valence-electron chi connectivity index (χ0n) is 30.1. The highest BCUT2D eigenvalue weighted by atomic mass is 16.7. The number of esters is 1. The number of rotatable bonds is 21. The van der Waals surface area contributed by atoms with Crippen LogP contribution in [-0.2, 0) is 23.8 Å². The molecule has 9 nitrogen and oxygen atoms in total. The van der Waals surface area contributed by atoms with Gasteiger partial charge in [0.2, 0.25) is 5.91 Å². The standard InChI is InChI=1S/C37H67N3O6/c1-7-8-9-10-11-12-13-14-15-16-17-18-19-20-23-29(2)39-35(43)40-30-24-21-22-25-31(30)45-32(41)26-27-38-34(42)33-36(3,4)28-44-37(5,6)46-33/h14-15,29-31,33H,7-13,16-28H2,1-6H3,(H,38,42)(H2,39,40,43). The smallest absolute Gasteiger partial charge is 0.315 e. The Kier molecular flexibility index (Phi) is 18.9. The van der Waals surface area contributed by atoms with Crippen LogP contribution in [0, 0.1) is 5.41 Å². The Bertz CT molecular complexity index is 921. The Labute approximate surface area is 280 Å². The van der Waals surface area contributed by atoms with Crippen molar-refractivity contribution in [3.63, 3.8) is 0 Å². The molecular formula is C37H67N3O6. The minimum absolute atomic E-state index is 0.0563. The van der Waals surface area contributed by atoms with Crippen LogP contribution in [0.15, 0.2) is 12.2 Å².